The Morgan fingerprint density at radius 2 is 2.00 bits per heavy atom. The molecule has 1 N–H and O–H groups in total. The number of halogens is 1. The molecule has 35 heavy (non-hydrogen) atoms. The van der Waals surface area contributed by atoms with E-state index >= 15 is 0 Å². The highest BCUT2D eigenvalue weighted by Gasteiger charge is 2.49. The van der Waals surface area contributed by atoms with E-state index in [1.54, 1.807) is 6.33 Å². The number of piperazine rings is 1. The van der Waals surface area contributed by atoms with Crippen molar-refractivity contribution in [2.45, 2.75) is 82.3 Å². The molecule has 10 nitrogen and oxygen atoms in total. The summed E-state index contributed by atoms with van der Waals surface area (Å²) in [5, 5.41) is 0. The van der Waals surface area contributed by atoms with E-state index in [2.05, 4.69) is 24.8 Å². The molecule has 4 atom stereocenters. The van der Waals surface area contributed by atoms with Gasteiger partial charge in [0.2, 0.25) is 11.8 Å². The van der Waals surface area contributed by atoms with Gasteiger partial charge in [0.05, 0.1) is 23.9 Å². The number of alkyl halides is 1. The molecule has 2 aromatic rings. The van der Waals surface area contributed by atoms with Crippen LogP contribution >= 0.6 is 0 Å². The van der Waals surface area contributed by atoms with Crippen LogP contribution in [0.2, 0.25) is 0 Å². The highest BCUT2D eigenvalue weighted by Crippen LogP contribution is 2.41. The van der Waals surface area contributed by atoms with E-state index in [4.69, 9.17) is 14.5 Å². The first-order valence-corrected chi connectivity index (χ1v) is 12.7. The van der Waals surface area contributed by atoms with Crippen molar-refractivity contribution in [3.05, 3.63) is 6.33 Å². The van der Waals surface area contributed by atoms with Crippen LogP contribution in [0.3, 0.4) is 0 Å². The second kappa shape index (κ2) is 8.18. The van der Waals surface area contributed by atoms with E-state index in [-0.39, 0.29) is 23.7 Å². The number of amides is 1. The Bertz CT molecular complexity index is 1110. The van der Waals surface area contributed by atoms with Gasteiger partial charge in [0.15, 0.2) is 5.65 Å². The number of aromatic amines is 1. The molecule has 0 unspecified atom stereocenters. The number of imidazole rings is 1. The van der Waals surface area contributed by atoms with Gasteiger partial charge in [-0.25, -0.2) is 14.2 Å². The highest BCUT2D eigenvalue weighted by atomic mass is 19.1. The number of hydrogen-bond acceptors (Lipinski definition) is 8. The van der Waals surface area contributed by atoms with Crippen LogP contribution in [-0.4, -0.2) is 98.0 Å². The average Bonchev–Trinajstić information content (AvgIpc) is 3.52. The molecular weight excluding hydrogens is 453 g/mol. The molecule has 1 amide bonds. The van der Waals surface area contributed by atoms with Gasteiger partial charge < -0.3 is 19.4 Å². The van der Waals surface area contributed by atoms with Gasteiger partial charge in [0.25, 0.3) is 0 Å². The Morgan fingerprint density at radius 1 is 1.23 bits per heavy atom. The molecule has 0 aliphatic carbocycles. The van der Waals surface area contributed by atoms with Crippen molar-refractivity contribution in [3.8, 4) is 5.88 Å². The molecule has 2 aromatic heterocycles. The van der Waals surface area contributed by atoms with Crippen molar-refractivity contribution in [2.75, 3.05) is 37.7 Å². The Morgan fingerprint density at radius 3 is 2.74 bits per heavy atom. The standard InChI is InChI=1S/C24H34FN7O3/c1-23(2,3)35-22(33)32-16-5-6-17(32)12-30(11-16)21-28-19-18(26-14-27-19)20(29-21)34-13-24-7-4-8-31(24)10-15(25)9-24/h14-17H,4-13H2,1-3H3,(H,26,27,28,29)/t15-,16-,17+,24+/m1/s1. The first-order chi connectivity index (χ1) is 16.7. The van der Waals surface area contributed by atoms with Gasteiger partial charge in [0.1, 0.15) is 23.9 Å². The summed E-state index contributed by atoms with van der Waals surface area (Å²) < 4.78 is 26.1. The van der Waals surface area contributed by atoms with Crippen molar-refractivity contribution >= 4 is 23.2 Å². The van der Waals surface area contributed by atoms with Gasteiger partial charge in [-0.3, -0.25) is 9.80 Å². The number of hydrogen-bond donors (Lipinski definition) is 1. The maximum absolute atomic E-state index is 14.2. The van der Waals surface area contributed by atoms with Crippen molar-refractivity contribution < 1.29 is 18.7 Å². The number of H-pyrrole nitrogens is 1. The molecule has 4 aliphatic rings. The molecular formula is C24H34FN7O3. The van der Waals surface area contributed by atoms with Crippen LogP contribution in [0.4, 0.5) is 15.1 Å². The lowest BCUT2D eigenvalue weighted by Gasteiger charge is -2.41. The Labute approximate surface area is 204 Å². The molecule has 11 heteroatoms. The molecule has 4 saturated heterocycles. The zero-order valence-electron chi connectivity index (χ0n) is 20.7. The maximum atomic E-state index is 14.2. The van der Waals surface area contributed by atoms with Crippen LogP contribution in [0.1, 0.15) is 52.9 Å². The second-order valence-electron chi connectivity index (χ2n) is 11.5. The van der Waals surface area contributed by atoms with Gasteiger partial charge in [-0.1, -0.05) is 0 Å². The third kappa shape index (κ3) is 4.07. The number of nitrogens with zero attached hydrogens (tertiary/aromatic N) is 6. The number of rotatable bonds is 4. The fourth-order valence-corrected chi connectivity index (χ4v) is 6.37. The van der Waals surface area contributed by atoms with Crippen molar-refractivity contribution in [3.63, 3.8) is 0 Å². The molecule has 0 radical (unpaired) electrons. The second-order valence-corrected chi connectivity index (χ2v) is 11.5. The Hall–Kier alpha value is -2.69. The third-order valence-electron chi connectivity index (χ3n) is 7.85. The lowest BCUT2D eigenvalue weighted by molar-refractivity contribution is 0.0122. The lowest BCUT2D eigenvalue weighted by Crippen LogP contribution is -2.57. The van der Waals surface area contributed by atoms with E-state index in [1.165, 1.54) is 0 Å². The van der Waals surface area contributed by atoms with Gasteiger partial charge >= 0.3 is 6.09 Å². The summed E-state index contributed by atoms with van der Waals surface area (Å²) in [7, 11) is 0. The zero-order valence-corrected chi connectivity index (χ0v) is 20.7. The monoisotopic (exact) mass is 487 g/mol. The number of fused-ring (bicyclic) bond motifs is 4. The molecule has 0 saturated carbocycles. The van der Waals surface area contributed by atoms with Crippen molar-refractivity contribution in [1.82, 2.24) is 29.7 Å². The predicted molar refractivity (Wildman–Crippen MR) is 127 cm³/mol. The fourth-order valence-electron chi connectivity index (χ4n) is 6.37. The van der Waals surface area contributed by atoms with Crippen molar-refractivity contribution in [2.24, 2.45) is 0 Å². The molecule has 2 bridgehead atoms. The minimum Gasteiger partial charge on any atom is -0.474 e. The van der Waals surface area contributed by atoms with E-state index in [1.807, 2.05) is 25.7 Å². The summed E-state index contributed by atoms with van der Waals surface area (Å²) in [5.41, 5.74) is 0.418. The average molecular weight is 488 g/mol. The smallest absolute Gasteiger partial charge is 0.410 e. The van der Waals surface area contributed by atoms with Crippen LogP contribution in [0.15, 0.2) is 6.33 Å². The van der Waals surface area contributed by atoms with Gasteiger partial charge in [0, 0.05) is 26.1 Å². The van der Waals surface area contributed by atoms with E-state index < -0.39 is 11.8 Å². The zero-order chi connectivity index (χ0) is 24.4. The van der Waals surface area contributed by atoms with E-state index in [9.17, 15) is 9.18 Å². The molecule has 190 valence electrons. The van der Waals surface area contributed by atoms with Crippen LogP contribution < -0.4 is 9.64 Å². The lowest BCUT2D eigenvalue weighted by atomic mass is 9.95. The first-order valence-electron chi connectivity index (χ1n) is 12.7. The molecule has 4 aliphatic heterocycles. The Kier molecular flexibility index (Phi) is 5.32. The maximum Gasteiger partial charge on any atom is 0.410 e. The number of carbonyl (C=O) groups excluding carboxylic acids is 1. The number of carbonyl (C=O) groups is 1. The molecule has 0 aromatic carbocycles. The predicted octanol–water partition coefficient (Wildman–Crippen LogP) is 2.90. The highest BCUT2D eigenvalue weighted by molar-refractivity contribution is 5.77. The number of aromatic nitrogens is 4. The van der Waals surface area contributed by atoms with Gasteiger partial charge in [-0.05, 0) is 53.0 Å². The van der Waals surface area contributed by atoms with E-state index in [0.29, 0.717) is 55.7 Å². The van der Waals surface area contributed by atoms with Crippen molar-refractivity contribution in [1.29, 1.82) is 0 Å². The number of anilines is 1. The number of ether oxygens (including phenoxy) is 2. The third-order valence-corrected chi connectivity index (χ3v) is 7.85. The minimum atomic E-state index is -0.802. The van der Waals surface area contributed by atoms with Gasteiger partial charge in [-0.15, -0.1) is 0 Å². The summed E-state index contributed by atoms with van der Waals surface area (Å²) in [6.45, 7) is 8.74. The largest absolute Gasteiger partial charge is 0.474 e. The molecule has 6 rings (SSSR count). The SMILES string of the molecule is CC(C)(C)OC(=O)N1[C@@H]2CC[C@H]1CN(c1nc(OC[C@@]34CCCN3C[C@H](F)C4)c3[nH]cnc3n1)C2. The first kappa shape index (κ1) is 22.8. The quantitative estimate of drug-likeness (QED) is 0.703. The summed E-state index contributed by atoms with van der Waals surface area (Å²) in [4.78, 5) is 36.0. The topological polar surface area (TPSA) is 99.7 Å². The molecule has 6 heterocycles. The van der Waals surface area contributed by atoms with Crippen LogP contribution in [0.5, 0.6) is 5.88 Å². The summed E-state index contributed by atoms with van der Waals surface area (Å²) in [6.07, 6.45) is 4.90. The molecule has 4 fully saturated rings. The molecule has 0 spiro atoms. The fraction of sp³-hybridized carbons (Fsp3) is 0.750. The van der Waals surface area contributed by atoms with Crippen LogP contribution in [0.25, 0.3) is 11.2 Å². The Balaban J connectivity index is 1.22. The summed E-state index contributed by atoms with van der Waals surface area (Å²) in [5.74, 6) is 1.00. The van der Waals surface area contributed by atoms with Crippen LogP contribution in [0, 0.1) is 0 Å². The summed E-state index contributed by atoms with van der Waals surface area (Å²) >= 11 is 0. The normalized spacial score (nSPS) is 30.8. The van der Waals surface area contributed by atoms with Crippen LogP contribution in [-0.2, 0) is 4.74 Å². The van der Waals surface area contributed by atoms with Gasteiger partial charge in [-0.2, -0.15) is 9.97 Å². The minimum absolute atomic E-state index is 0.0531. The number of nitrogens with one attached hydrogen (secondary N) is 1. The van der Waals surface area contributed by atoms with E-state index in [0.717, 1.165) is 32.2 Å². The summed E-state index contributed by atoms with van der Waals surface area (Å²) in [6, 6.07) is 0.106.